The Morgan fingerprint density at radius 2 is 1.87 bits per heavy atom. The maximum atomic E-state index is 13.3. The average molecular weight is 459 g/mol. The van der Waals surface area contributed by atoms with Crippen molar-refractivity contribution in [1.29, 1.82) is 0 Å². The molecule has 1 aromatic heterocycles. The Kier molecular flexibility index (Phi) is 6.64. The predicted molar refractivity (Wildman–Crippen MR) is 121 cm³/mol. The number of carbonyl (C=O) groups excluding carboxylic acids is 1. The lowest BCUT2D eigenvalue weighted by Gasteiger charge is -2.31. The molecule has 3 aromatic rings. The van der Waals surface area contributed by atoms with Gasteiger partial charge in [-0.25, -0.2) is 8.42 Å². The van der Waals surface area contributed by atoms with Crippen LogP contribution in [-0.4, -0.2) is 35.2 Å². The number of aromatic nitrogens is 2. The molecule has 1 heterocycles. The van der Waals surface area contributed by atoms with Gasteiger partial charge in [-0.1, -0.05) is 56.2 Å². The molecule has 31 heavy (non-hydrogen) atoms. The monoisotopic (exact) mass is 458 g/mol. The first-order chi connectivity index (χ1) is 14.9. The number of carbonyl (C=O) groups is 1. The SMILES string of the molecule is C[C@@H]1CCCC[C@H]1NC(=O)[C@@H](Cc1ccccc1)NS(=O)(=O)c1cccc2nsnc12. The minimum Gasteiger partial charge on any atom is -0.352 e. The van der Waals surface area contributed by atoms with Crippen LogP contribution in [0.2, 0.25) is 0 Å². The maximum absolute atomic E-state index is 13.3. The van der Waals surface area contributed by atoms with Crippen molar-refractivity contribution < 1.29 is 13.2 Å². The quantitative estimate of drug-likeness (QED) is 0.566. The summed E-state index contributed by atoms with van der Waals surface area (Å²) in [6.45, 7) is 2.14. The van der Waals surface area contributed by atoms with E-state index in [1.165, 1.54) is 12.5 Å². The lowest BCUT2D eigenvalue weighted by atomic mass is 9.86. The van der Waals surface area contributed by atoms with Gasteiger partial charge in [-0.05, 0) is 42.9 Å². The van der Waals surface area contributed by atoms with Crippen molar-refractivity contribution in [2.75, 3.05) is 0 Å². The van der Waals surface area contributed by atoms with Crippen molar-refractivity contribution in [1.82, 2.24) is 18.8 Å². The van der Waals surface area contributed by atoms with Gasteiger partial charge in [-0.2, -0.15) is 13.5 Å². The molecule has 4 rings (SSSR count). The van der Waals surface area contributed by atoms with Gasteiger partial charge in [0.15, 0.2) is 0 Å². The summed E-state index contributed by atoms with van der Waals surface area (Å²) in [4.78, 5) is 13.3. The van der Waals surface area contributed by atoms with Gasteiger partial charge in [0.2, 0.25) is 15.9 Å². The number of nitrogens with zero attached hydrogens (tertiary/aromatic N) is 2. The highest BCUT2D eigenvalue weighted by Gasteiger charge is 2.31. The minimum absolute atomic E-state index is 0.0376. The van der Waals surface area contributed by atoms with E-state index in [2.05, 4.69) is 25.7 Å². The first kappa shape index (κ1) is 21.9. The summed E-state index contributed by atoms with van der Waals surface area (Å²) < 4.78 is 37.4. The van der Waals surface area contributed by atoms with E-state index in [4.69, 9.17) is 0 Å². The van der Waals surface area contributed by atoms with E-state index in [1.54, 1.807) is 12.1 Å². The fraction of sp³-hybridized carbons (Fsp3) is 0.409. The molecule has 1 fully saturated rings. The highest BCUT2D eigenvalue weighted by atomic mass is 32.2. The highest BCUT2D eigenvalue weighted by Crippen LogP contribution is 2.24. The van der Waals surface area contributed by atoms with Gasteiger partial charge in [0, 0.05) is 6.04 Å². The van der Waals surface area contributed by atoms with Gasteiger partial charge < -0.3 is 5.32 Å². The van der Waals surface area contributed by atoms with Crippen LogP contribution in [0.15, 0.2) is 53.4 Å². The third-order valence-electron chi connectivity index (χ3n) is 5.87. The van der Waals surface area contributed by atoms with Crippen LogP contribution in [0, 0.1) is 5.92 Å². The number of nitrogens with one attached hydrogen (secondary N) is 2. The zero-order valence-corrected chi connectivity index (χ0v) is 19.0. The highest BCUT2D eigenvalue weighted by molar-refractivity contribution is 7.89. The van der Waals surface area contributed by atoms with Crippen molar-refractivity contribution in [3.8, 4) is 0 Å². The molecule has 164 valence electrons. The Morgan fingerprint density at radius 3 is 2.65 bits per heavy atom. The first-order valence-corrected chi connectivity index (χ1v) is 12.7. The molecule has 0 spiro atoms. The van der Waals surface area contributed by atoms with Gasteiger partial charge in [0.25, 0.3) is 0 Å². The van der Waals surface area contributed by atoms with Gasteiger partial charge in [-0.3, -0.25) is 4.79 Å². The molecule has 2 aromatic carbocycles. The lowest BCUT2D eigenvalue weighted by Crippen LogP contribution is -2.52. The fourth-order valence-corrected chi connectivity index (χ4v) is 6.06. The number of hydrogen-bond donors (Lipinski definition) is 2. The van der Waals surface area contributed by atoms with E-state index in [-0.39, 0.29) is 23.3 Å². The number of fused-ring (bicyclic) bond motifs is 1. The van der Waals surface area contributed by atoms with E-state index in [1.807, 2.05) is 30.3 Å². The van der Waals surface area contributed by atoms with E-state index < -0.39 is 16.1 Å². The van der Waals surface area contributed by atoms with Crippen LogP contribution in [-0.2, 0) is 21.2 Å². The second-order valence-corrected chi connectivity index (χ2v) is 10.3. The molecule has 0 saturated heterocycles. The molecule has 9 heteroatoms. The van der Waals surface area contributed by atoms with E-state index in [9.17, 15) is 13.2 Å². The topological polar surface area (TPSA) is 101 Å². The van der Waals surface area contributed by atoms with Crippen molar-refractivity contribution in [2.24, 2.45) is 5.92 Å². The summed E-state index contributed by atoms with van der Waals surface area (Å²) in [6, 6.07) is 13.4. The minimum atomic E-state index is -3.98. The van der Waals surface area contributed by atoms with Crippen molar-refractivity contribution >= 4 is 38.7 Å². The van der Waals surface area contributed by atoms with Crippen LogP contribution in [0.5, 0.6) is 0 Å². The second kappa shape index (κ2) is 9.42. The molecule has 0 bridgehead atoms. The van der Waals surface area contributed by atoms with Crippen LogP contribution in [0.1, 0.15) is 38.2 Å². The van der Waals surface area contributed by atoms with Gasteiger partial charge in [0.05, 0.1) is 11.7 Å². The number of hydrogen-bond acceptors (Lipinski definition) is 6. The molecule has 7 nitrogen and oxygen atoms in total. The summed E-state index contributed by atoms with van der Waals surface area (Å²) in [5, 5.41) is 3.10. The molecular weight excluding hydrogens is 432 g/mol. The zero-order valence-electron chi connectivity index (χ0n) is 17.3. The summed E-state index contributed by atoms with van der Waals surface area (Å²) in [7, 11) is -3.98. The predicted octanol–water partition coefficient (Wildman–Crippen LogP) is 3.28. The Bertz CT molecular complexity index is 1150. The molecule has 1 amide bonds. The van der Waals surface area contributed by atoms with E-state index in [0.29, 0.717) is 17.0 Å². The van der Waals surface area contributed by atoms with Crippen LogP contribution in [0.3, 0.4) is 0 Å². The molecule has 3 atom stereocenters. The summed E-state index contributed by atoms with van der Waals surface area (Å²) in [5.41, 5.74) is 1.73. The molecule has 0 unspecified atom stereocenters. The van der Waals surface area contributed by atoms with Crippen LogP contribution in [0.25, 0.3) is 11.0 Å². The van der Waals surface area contributed by atoms with Crippen molar-refractivity contribution in [2.45, 2.75) is 56.0 Å². The largest absolute Gasteiger partial charge is 0.352 e. The number of benzene rings is 2. The summed E-state index contributed by atoms with van der Waals surface area (Å²) in [5.74, 6) is 0.0799. The van der Waals surface area contributed by atoms with Gasteiger partial charge >= 0.3 is 0 Å². The summed E-state index contributed by atoms with van der Waals surface area (Å²) >= 11 is 0.963. The van der Waals surface area contributed by atoms with Gasteiger partial charge in [0.1, 0.15) is 22.0 Å². The maximum Gasteiger partial charge on any atom is 0.243 e. The standard InChI is InChI=1S/C22H26N4O3S2/c1-15-8-5-6-11-17(15)23-22(27)19(14-16-9-3-2-4-10-16)26-31(28,29)20-13-7-12-18-21(20)25-30-24-18/h2-4,7,9-10,12-13,15,17,19,26H,5-6,8,11,14H2,1H3,(H,23,27)/t15-,17-,19-/m1/s1. The Morgan fingerprint density at radius 1 is 1.10 bits per heavy atom. The molecular formula is C22H26N4O3S2. The van der Waals surface area contributed by atoms with Crippen molar-refractivity contribution in [3.05, 3.63) is 54.1 Å². The Labute approximate surface area is 186 Å². The third-order valence-corrected chi connectivity index (χ3v) is 7.92. The van der Waals surface area contributed by atoms with Crippen LogP contribution in [0.4, 0.5) is 0 Å². The first-order valence-electron chi connectivity index (χ1n) is 10.5. The Hall–Kier alpha value is -2.36. The zero-order chi connectivity index (χ0) is 21.8. The molecule has 1 aliphatic rings. The molecule has 2 N–H and O–H groups in total. The van der Waals surface area contributed by atoms with Gasteiger partial charge in [-0.15, -0.1) is 0 Å². The molecule has 1 aliphatic carbocycles. The third kappa shape index (κ3) is 5.11. The molecule has 1 saturated carbocycles. The number of sulfonamides is 1. The average Bonchev–Trinajstić information content (AvgIpc) is 3.24. The van der Waals surface area contributed by atoms with Crippen LogP contribution < -0.4 is 10.0 Å². The number of amides is 1. The van der Waals surface area contributed by atoms with E-state index in [0.717, 1.165) is 36.6 Å². The van der Waals surface area contributed by atoms with Crippen molar-refractivity contribution in [3.63, 3.8) is 0 Å². The smallest absolute Gasteiger partial charge is 0.243 e. The molecule has 0 aliphatic heterocycles. The Balaban J connectivity index is 1.60. The fourth-order valence-electron chi connectivity index (χ4n) is 4.10. The van der Waals surface area contributed by atoms with Crippen LogP contribution >= 0.6 is 11.7 Å². The molecule has 0 radical (unpaired) electrons. The number of rotatable bonds is 7. The summed E-state index contributed by atoms with van der Waals surface area (Å²) in [6.07, 6.45) is 4.49. The van der Waals surface area contributed by atoms with E-state index >= 15 is 0 Å². The second-order valence-electron chi connectivity index (χ2n) is 8.13. The normalized spacial score (nSPS) is 20.4. The lowest BCUT2D eigenvalue weighted by molar-refractivity contribution is -0.124.